The van der Waals surface area contributed by atoms with Gasteiger partial charge in [0.15, 0.2) is 0 Å². The number of Topliss-reactive ketones (excluding diaryl/α,β-unsaturated/α-hetero) is 1. The standard InChI is InChI=1S/C33H37NO6/c1-21(2)19-40-28-15-12-26(18-23(28)4)31(35)29-30(34(16-17-38-5)33(37)32(29)36)25-10-13-27(14-11-25)39-20-24-8-6-22(3)7-9-24/h6-15,18,21,30,35H,16-17,19-20H2,1-5H3/b31-29-. The third-order valence-corrected chi connectivity index (χ3v) is 6.82. The van der Waals surface area contributed by atoms with Crippen molar-refractivity contribution in [2.45, 2.75) is 40.3 Å². The average Bonchev–Trinajstić information content (AvgIpc) is 3.19. The van der Waals surface area contributed by atoms with Crippen LogP contribution in [0.15, 0.2) is 72.3 Å². The minimum Gasteiger partial charge on any atom is -0.507 e. The number of aliphatic hydroxyl groups excluding tert-OH is 1. The van der Waals surface area contributed by atoms with Gasteiger partial charge in [-0.2, -0.15) is 0 Å². The topological polar surface area (TPSA) is 85.3 Å². The number of hydrogen-bond acceptors (Lipinski definition) is 6. The molecular weight excluding hydrogens is 506 g/mol. The first-order chi connectivity index (χ1) is 19.2. The summed E-state index contributed by atoms with van der Waals surface area (Å²) in [7, 11) is 1.54. The maximum absolute atomic E-state index is 13.3. The molecule has 3 aromatic carbocycles. The highest BCUT2D eigenvalue weighted by molar-refractivity contribution is 6.46. The van der Waals surface area contributed by atoms with Gasteiger partial charge in [0.25, 0.3) is 11.7 Å². The van der Waals surface area contributed by atoms with Crippen LogP contribution >= 0.6 is 0 Å². The predicted octanol–water partition coefficient (Wildman–Crippen LogP) is 5.99. The van der Waals surface area contributed by atoms with Crippen LogP contribution in [-0.2, 0) is 20.9 Å². The molecule has 1 heterocycles. The molecule has 7 heteroatoms. The predicted molar refractivity (Wildman–Crippen MR) is 154 cm³/mol. The number of ether oxygens (including phenoxy) is 3. The highest BCUT2D eigenvalue weighted by Crippen LogP contribution is 2.40. The monoisotopic (exact) mass is 543 g/mol. The number of rotatable bonds is 11. The van der Waals surface area contributed by atoms with Crippen molar-refractivity contribution in [1.29, 1.82) is 0 Å². The van der Waals surface area contributed by atoms with Crippen LogP contribution in [0.5, 0.6) is 11.5 Å². The Hall–Kier alpha value is -4.10. The molecule has 1 unspecified atom stereocenters. The molecule has 3 aromatic rings. The third-order valence-electron chi connectivity index (χ3n) is 6.82. The molecule has 0 radical (unpaired) electrons. The summed E-state index contributed by atoms with van der Waals surface area (Å²) in [6, 6.07) is 19.9. The van der Waals surface area contributed by atoms with Crippen LogP contribution in [0.1, 0.15) is 47.7 Å². The number of benzene rings is 3. The Morgan fingerprint density at radius 1 is 0.950 bits per heavy atom. The number of methoxy groups -OCH3 is 1. The molecule has 0 aliphatic carbocycles. The second kappa shape index (κ2) is 12.8. The normalized spacial score (nSPS) is 16.6. The van der Waals surface area contributed by atoms with Crippen molar-refractivity contribution >= 4 is 17.4 Å². The first-order valence-corrected chi connectivity index (χ1v) is 13.5. The van der Waals surface area contributed by atoms with E-state index in [4.69, 9.17) is 14.2 Å². The number of aryl methyl sites for hydroxylation is 2. The molecule has 0 spiro atoms. The molecule has 1 atom stereocenters. The van der Waals surface area contributed by atoms with Crippen LogP contribution in [0.25, 0.3) is 5.76 Å². The lowest BCUT2D eigenvalue weighted by molar-refractivity contribution is -0.140. The van der Waals surface area contributed by atoms with Gasteiger partial charge in [0.1, 0.15) is 23.9 Å². The summed E-state index contributed by atoms with van der Waals surface area (Å²) in [6.45, 7) is 9.51. The van der Waals surface area contributed by atoms with Gasteiger partial charge in [-0.1, -0.05) is 55.8 Å². The molecule has 1 saturated heterocycles. The van der Waals surface area contributed by atoms with Gasteiger partial charge in [0, 0.05) is 19.2 Å². The number of aliphatic hydroxyl groups is 1. The summed E-state index contributed by atoms with van der Waals surface area (Å²) in [5, 5.41) is 11.4. The van der Waals surface area contributed by atoms with Gasteiger partial charge in [0.2, 0.25) is 0 Å². The van der Waals surface area contributed by atoms with Crippen LogP contribution in [0.3, 0.4) is 0 Å². The molecule has 4 rings (SSSR count). The molecule has 0 aromatic heterocycles. The number of carbonyl (C=O) groups is 2. The fourth-order valence-electron chi connectivity index (χ4n) is 4.61. The van der Waals surface area contributed by atoms with Crippen molar-refractivity contribution in [3.8, 4) is 11.5 Å². The number of carbonyl (C=O) groups excluding carboxylic acids is 2. The van der Waals surface area contributed by atoms with Crippen LogP contribution in [-0.4, -0.2) is 48.6 Å². The van der Waals surface area contributed by atoms with Gasteiger partial charge in [0.05, 0.1) is 24.8 Å². The summed E-state index contributed by atoms with van der Waals surface area (Å²) in [5.74, 6) is 0.124. The zero-order valence-electron chi connectivity index (χ0n) is 23.8. The largest absolute Gasteiger partial charge is 0.507 e. The van der Waals surface area contributed by atoms with E-state index in [1.54, 1.807) is 18.2 Å². The van der Waals surface area contributed by atoms with E-state index >= 15 is 0 Å². The average molecular weight is 544 g/mol. The van der Waals surface area contributed by atoms with Crippen LogP contribution in [0.4, 0.5) is 0 Å². The lowest BCUT2D eigenvalue weighted by Gasteiger charge is -2.25. The zero-order valence-corrected chi connectivity index (χ0v) is 23.8. The molecule has 1 aliphatic rings. The third kappa shape index (κ3) is 6.54. The van der Waals surface area contributed by atoms with Gasteiger partial charge < -0.3 is 24.2 Å². The smallest absolute Gasteiger partial charge is 0.295 e. The number of likely N-dealkylation sites (tertiary alicyclic amines) is 1. The Morgan fingerprint density at radius 2 is 1.65 bits per heavy atom. The van der Waals surface area contributed by atoms with Crippen LogP contribution in [0.2, 0.25) is 0 Å². The number of hydrogen-bond donors (Lipinski definition) is 1. The molecule has 40 heavy (non-hydrogen) atoms. The molecular formula is C33H37NO6. The van der Waals surface area contributed by atoms with Crippen molar-refractivity contribution in [3.05, 3.63) is 100 Å². The van der Waals surface area contributed by atoms with E-state index in [1.807, 2.05) is 62.4 Å². The number of nitrogens with zero attached hydrogens (tertiary/aromatic N) is 1. The van der Waals surface area contributed by atoms with Gasteiger partial charge in [-0.3, -0.25) is 9.59 Å². The summed E-state index contributed by atoms with van der Waals surface area (Å²) in [4.78, 5) is 27.8. The maximum atomic E-state index is 13.3. The molecule has 1 amide bonds. The van der Waals surface area contributed by atoms with Crippen LogP contribution < -0.4 is 9.47 Å². The van der Waals surface area contributed by atoms with Gasteiger partial charge in [-0.15, -0.1) is 0 Å². The first-order valence-electron chi connectivity index (χ1n) is 13.5. The molecule has 1 fully saturated rings. The highest BCUT2D eigenvalue weighted by Gasteiger charge is 2.45. The Kier molecular flexibility index (Phi) is 9.27. The molecule has 1 aliphatic heterocycles. The van der Waals surface area contributed by atoms with Crippen molar-refractivity contribution < 1.29 is 28.9 Å². The van der Waals surface area contributed by atoms with Crippen molar-refractivity contribution in [2.75, 3.05) is 26.9 Å². The SMILES string of the molecule is COCCN1C(=O)C(=O)/C(=C(\O)c2ccc(OCC(C)C)c(C)c2)C1c1ccc(OCc2ccc(C)cc2)cc1. The summed E-state index contributed by atoms with van der Waals surface area (Å²) >= 11 is 0. The molecule has 210 valence electrons. The minimum absolute atomic E-state index is 0.0460. The van der Waals surface area contributed by atoms with Crippen molar-refractivity contribution in [2.24, 2.45) is 5.92 Å². The Labute approximate surface area is 236 Å². The number of amides is 1. The van der Waals surface area contributed by atoms with Gasteiger partial charge in [-0.25, -0.2) is 0 Å². The van der Waals surface area contributed by atoms with E-state index in [0.29, 0.717) is 41.8 Å². The molecule has 0 saturated carbocycles. The Balaban J connectivity index is 1.65. The second-order valence-corrected chi connectivity index (χ2v) is 10.5. The van der Waals surface area contributed by atoms with E-state index in [9.17, 15) is 14.7 Å². The summed E-state index contributed by atoms with van der Waals surface area (Å²) in [5.41, 5.74) is 4.24. The van der Waals surface area contributed by atoms with E-state index in [1.165, 1.54) is 17.6 Å². The molecule has 7 nitrogen and oxygen atoms in total. The number of ketones is 1. The lowest BCUT2D eigenvalue weighted by atomic mass is 9.94. The van der Waals surface area contributed by atoms with Gasteiger partial charge >= 0.3 is 0 Å². The van der Waals surface area contributed by atoms with E-state index in [0.717, 1.165) is 11.1 Å². The Morgan fingerprint density at radius 3 is 2.27 bits per heavy atom. The highest BCUT2D eigenvalue weighted by atomic mass is 16.5. The lowest BCUT2D eigenvalue weighted by Crippen LogP contribution is -2.32. The summed E-state index contributed by atoms with van der Waals surface area (Å²) < 4.78 is 17.0. The molecule has 1 N–H and O–H groups in total. The van der Waals surface area contributed by atoms with E-state index in [-0.39, 0.29) is 24.5 Å². The zero-order chi connectivity index (χ0) is 28.8. The van der Waals surface area contributed by atoms with Crippen LogP contribution in [0, 0.1) is 19.8 Å². The fraction of sp³-hybridized carbons (Fsp3) is 0.333. The van der Waals surface area contributed by atoms with Gasteiger partial charge in [-0.05, 0) is 66.8 Å². The molecule has 0 bridgehead atoms. The first kappa shape index (κ1) is 28.9. The van der Waals surface area contributed by atoms with Crippen molar-refractivity contribution in [3.63, 3.8) is 0 Å². The van der Waals surface area contributed by atoms with Crippen molar-refractivity contribution in [1.82, 2.24) is 4.90 Å². The quantitative estimate of drug-likeness (QED) is 0.182. The fourth-order valence-corrected chi connectivity index (χ4v) is 4.61. The van der Waals surface area contributed by atoms with E-state index < -0.39 is 17.7 Å². The Bertz CT molecular complexity index is 1380. The minimum atomic E-state index is -0.765. The summed E-state index contributed by atoms with van der Waals surface area (Å²) in [6.07, 6.45) is 0. The van der Waals surface area contributed by atoms with E-state index in [2.05, 4.69) is 13.8 Å². The second-order valence-electron chi connectivity index (χ2n) is 10.5. The maximum Gasteiger partial charge on any atom is 0.295 e.